The van der Waals surface area contributed by atoms with Gasteiger partial charge in [0.25, 0.3) is 5.91 Å². The van der Waals surface area contributed by atoms with Crippen LogP contribution in [0, 0.1) is 0 Å². The highest BCUT2D eigenvalue weighted by atomic mass is 32.2. The molecule has 144 valence electrons. The van der Waals surface area contributed by atoms with Crippen LogP contribution >= 0.6 is 23.1 Å². The highest BCUT2D eigenvalue weighted by Crippen LogP contribution is 2.25. The standard InChI is InChI=1S/C19H19N5O2S2/c1-2-20-18-23-24-19(28-18)27-12-16(25)22-15-11-7-6-10-14(15)17(26)21-13-8-4-3-5-9-13/h3-11H,2,12H2,1H3,(H,20,23)(H,21,26)(H,22,25). The van der Waals surface area contributed by atoms with Gasteiger partial charge in [-0.3, -0.25) is 9.59 Å². The number of amides is 2. The van der Waals surface area contributed by atoms with Crippen LogP contribution < -0.4 is 16.0 Å². The van der Waals surface area contributed by atoms with Gasteiger partial charge in [0, 0.05) is 12.2 Å². The summed E-state index contributed by atoms with van der Waals surface area (Å²) in [4.78, 5) is 24.9. The Morgan fingerprint density at radius 1 is 1.00 bits per heavy atom. The van der Waals surface area contributed by atoms with E-state index >= 15 is 0 Å². The third kappa shape index (κ3) is 5.54. The molecule has 0 bridgehead atoms. The third-order valence-corrected chi connectivity index (χ3v) is 5.55. The average molecular weight is 414 g/mol. The molecular formula is C19H19N5O2S2. The number of thioether (sulfide) groups is 1. The van der Waals surface area contributed by atoms with Gasteiger partial charge in [-0.1, -0.05) is 53.4 Å². The van der Waals surface area contributed by atoms with Gasteiger partial charge in [-0.25, -0.2) is 0 Å². The zero-order chi connectivity index (χ0) is 19.8. The normalized spacial score (nSPS) is 10.3. The van der Waals surface area contributed by atoms with Crippen LogP contribution in [0.5, 0.6) is 0 Å². The van der Waals surface area contributed by atoms with Crippen molar-refractivity contribution in [2.75, 3.05) is 28.2 Å². The van der Waals surface area contributed by atoms with E-state index in [9.17, 15) is 9.59 Å². The van der Waals surface area contributed by atoms with Crippen molar-refractivity contribution in [3.8, 4) is 0 Å². The number of para-hydroxylation sites is 2. The lowest BCUT2D eigenvalue weighted by Gasteiger charge is -2.11. The molecule has 3 N–H and O–H groups in total. The first-order valence-corrected chi connectivity index (χ1v) is 10.4. The maximum absolute atomic E-state index is 12.6. The Labute approximate surface area is 171 Å². The summed E-state index contributed by atoms with van der Waals surface area (Å²) >= 11 is 2.70. The summed E-state index contributed by atoms with van der Waals surface area (Å²) < 4.78 is 0.709. The number of hydrogen-bond donors (Lipinski definition) is 3. The van der Waals surface area contributed by atoms with Crippen molar-refractivity contribution in [1.82, 2.24) is 10.2 Å². The van der Waals surface area contributed by atoms with E-state index in [1.165, 1.54) is 23.1 Å². The van der Waals surface area contributed by atoms with Crippen molar-refractivity contribution in [3.05, 3.63) is 60.2 Å². The number of nitrogens with zero attached hydrogens (tertiary/aromatic N) is 2. The van der Waals surface area contributed by atoms with Crippen LogP contribution in [0.4, 0.5) is 16.5 Å². The summed E-state index contributed by atoms with van der Waals surface area (Å²) in [6.07, 6.45) is 0. The molecule has 0 fully saturated rings. The molecule has 1 heterocycles. The van der Waals surface area contributed by atoms with Gasteiger partial charge in [-0.2, -0.15) is 0 Å². The first kappa shape index (κ1) is 19.8. The molecule has 0 saturated heterocycles. The molecule has 0 aliphatic carbocycles. The molecule has 2 aromatic carbocycles. The van der Waals surface area contributed by atoms with Crippen LogP contribution in [0.25, 0.3) is 0 Å². The van der Waals surface area contributed by atoms with Crippen LogP contribution in [-0.2, 0) is 4.79 Å². The topological polar surface area (TPSA) is 96.0 Å². The highest BCUT2D eigenvalue weighted by Gasteiger charge is 2.14. The van der Waals surface area contributed by atoms with E-state index in [1.54, 1.807) is 36.4 Å². The Balaban J connectivity index is 1.60. The summed E-state index contributed by atoms with van der Waals surface area (Å²) in [5.41, 5.74) is 1.55. The van der Waals surface area contributed by atoms with Crippen LogP contribution in [0.2, 0.25) is 0 Å². The summed E-state index contributed by atoms with van der Waals surface area (Å²) in [6, 6.07) is 16.1. The second-order valence-corrected chi connectivity index (χ2v) is 7.81. The van der Waals surface area contributed by atoms with Crippen molar-refractivity contribution >= 4 is 51.4 Å². The Morgan fingerprint density at radius 3 is 2.54 bits per heavy atom. The minimum atomic E-state index is -0.283. The minimum absolute atomic E-state index is 0.176. The zero-order valence-corrected chi connectivity index (χ0v) is 16.8. The van der Waals surface area contributed by atoms with Gasteiger partial charge in [-0.05, 0) is 31.2 Å². The maximum atomic E-state index is 12.6. The predicted octanol–water partition coefficient (Wildman–Crippen LogP) is 3.95. The van der Waals surface area contributed by atoms with Crippen molar-refractivity contribution in [2.45, 2.75) is 11.3 Å². The molecule has 7 nitrogen and oxygen atoms in total. The highest BCUT2D eigenvalue weighted by molar-refractivity contribution is 8.01. The van der Waals surface area contributed by atoms with Gasteiger partial charge >= 0.3 is 0 Å². The Morgan fingerprint density at radius 2 is 1.75 bits per heavy atom. The van der Waals surface area contributed by atoms with E-state index in [0.717, 1.165) is 11.7 Å². The molecule has 2 amide bonds. The number of rotatable bonds is 8. The Hall–Kier alpha value is -2.91. The molecule has 3 aromatic rings. The number of nitrogens with one attached hydrogen (secondary N) is 3. The summed E-state index contributed by atoms with van der Waals surface area (Å²) in [6.45, 7) is 2.74. The molecule has 0 atom stereocenters. The molecule has 3 rings (SSSR count). The number of benzene rings is 2. The summed E-state index contributed by atoms with van der Waals surface area (Å²) in [5.74, 6) is -0.325. The number of aromatic nitrogens is 2. The van der Waals surface area contributed by atoms with Crippen LogP contribution in [0.15, 0.2) is 58.9 Å². The van der Waals surface area contributed by atoms with E-state index in [1.807, 2.05) is 25.1 Å². The molecule has 28 heavy (non-hydrogen) atoms. The predicted molar refractivity (Wildman–Crippen MR) is 114 cm³/mol. The minimum Gasteiger partial charge on any atom is -0.360 e. The van der Waals surface area contributed by atoms with Crippen LogP contribution in [0.3, 0.4) is 0 Å². The molecule has 0 radical (unpaired) electrons. The lowest BCUT2D eigenvalue weighted by atomic mass is 10.1. The zero-order valence-electron chi connectivity index (χ0n) is 15.1. The summed E-state index contributed by atoms with van der Waals surface area (Å²) in [5, 5.41) is 17.5. The lowest BCUT2D eigenvalue weighted by molar-refractivity contribution is -0.113. The molecule has 0 unspecified atom stereocenters. The van der Waals surface area contributed by atoms with Crippen LogP contribution in [-0.4, -0.2) is 34.3 Å². The largest absolute Gasteiger partial charge is 0.360 e. The quantitative estimate of drug-likeness (QED) is 0.484. The van der Waals surface area contributed by atoms with E-state index in [4.69, 9.17) is 0 Å². The average Bonchev–Trinajstić information content (AvgIpc) is 3.15. The fourth-order valence-electron chi connectivity index (χ4n) is 2.31. The SMILES string of the molecule is CCNc1nnc(SCC(=O)Nc2ccccc2C(=O)Nc2ccccc2)s1. The molecule has 0 spiro atoms. The first-order chi connectivity index (χ1) is 13.7. The van der Waals surface area contributed by atoms with Crippen LogP contribution in [0.1, 0.15) is 17.3 Å². The van der Waals surface area contributed by atoms with E-state index in [0.29, 0.717) is 21.3 Å². The number of anilines is 3. The van der Waals surface area contributed by atoms with E-state index in [-0.39, 0.29) is 17.6 Å². The Kier molecular flexibility index (Phi) is 6.99. The van der Waals surface area contributed by atoms with Gasteiger partial charge in [0.15, 0.2) is 4.34 Å². The third-order valence-electron chi connectivity index (χ3n) is 3.54. The first-order valence-electron chi connectivity index (χ1n) is 8.61. The molecular weight excluding hydrogens is 394 g/mol. The smallest absolute Gasteiger partial charge is 0.257 e. The summed E-state index contributed by atoms with van der Waals surface area (Å²) in [7, 11) is 0. The van der Waals surface area contributed by atoms with Crippen molar-refractivity contribution in [3.63, 3.8) is 0 Å². The fraction of sp³-hybridized carbons (Fsp3) is 0.158. The van der Waals surface area contributed by atoms with Gasteiger partial charge in [0.05, 0.1) is 17.0 Å². The molecule has 1 aromatic heterocycles. The van der Waals surface area contributed by atoms with E-state index in [2.05, 4.69) is 26.1 Å². The van der Waals surface area contributed by atoms with Gasteiger partial charge in [-0.15, -0.1) is 10.2 Å². The molecule has 0 aliphatic heterocycles. The van der Waals surface area contributed by atoms with Gasteiger partial charge in [0.2, 0.25) is 11.0 Å². The molecule has 0 aliphatic rings. The van der Waals surface area contributed by atoms with Crippen molar-refractivity contribution < 1.29 is 9.59 Å². The maximum Gasteiger partial charge on any atom is 0.257 e. The van der Waals surface area contributed by atoms with Crippen molar-refractivity contribution in [1.29, 1.82) is 0 Å². The number of carbonyl (C=O) groups is 2. The number of hydrogen-bond acceptors (Lipinski definition) is 7. The van der Waals surface area contributed by atoms with E-state index < -0.39 is 0 Å². The second-order valence-electron chi connectivity index (χ2n) is 5.61. The fourth-order valence-corrected chi connectivity index (χ4v) is 3.93. The van der Waals surface area contributed by atoms with Gasteiger partial charge in [0.1, 0.15) is 0 Å². The molecule has 0 saturated carbocycles. The monoisotopic (exact) mass is 413 g/mol. The van der Waals surface area contributed by atoms with Gasteiger partial charge < -0.3 is 16.0 Å². The Bertz CT molecular complexity index is 946. The second kappa shape index (κ2) is 9.86. The lowest BCUT2D eigenvalue weighted by Crippen LogP contribution is -2.19. The van der Waals surface area contributed by atoms with Crippen molar-refractivity contribution in [2.24, 2.45) is 0 Å². The molecule has 9 heteroatoms. The number of carbonyl (C=O) groups excluding carboxylic acids is 2.